The third kappa shape index (κ3) is 5.88. The van der Waals surface area contributed by atoms with Crippen molar-refractivity contribution in [2.24, 2.45) is 5.73 Å². The average Bonchev–Trinajstić information content (AvgIpc) is 3.42. The smallest absolute Gasteiger partial charge is 0.268 e. The molecule has 2 fully saturated rings. The normalized spacial score (nSPS) is 20.4. The standard InChI is InChI=1S/C32H39N5O6S2/c1-22-8-10-25(11-9-22)45(42,43)37-29(23-14-18-35(19-15-23)44(2,40)41)20-27-28(13-12-26(31(27)37)32(33)39)34-16-5-6-24(21-34)36-17-4-3-7-30(36)38/h8-14,20,24H,3-7,15-19,21H2,1-2H3,(H2,33,39)/t24-/m0/s1. The summed E-state index contributed by atoms with van der Waals surface area (Å²) in [6.07, 6.45) is 7.37. The first kappa shape index (κ1) is 31.3. The molecule has 1 aromatic heterocycles. The molecule has 0 aliphatic carbocycles. The molecule has 11 nitrogen and oxygen atoms in total. The Morgan fingerprint density at radius 3 is 2.33 bits per heavy atom. The Kier molecular flexibility index (Phi) is 8.29. The van der Waals surface area contributed by atoms with Crippen molar-refractivity contribution < 1.29 is 26.4 Å². The molecule has 3 aliphatic rings. The third-order valence-electron chi connectivity index (χ3n) is 9.23. The highest BCUT2D eigenvalue weighted by molar-refractivity contribution is 7.90. The molecule has 0 saturated carbocycles. The van der Waals surface area contributed by atoms with Crippen molar-refractivity contribution in [3.63, 3.8) is 0 Å². The first-order chi connectivity index (χ1) is 21.4. The maximum Gasteiger partial charge on any atom is 0.268 e. The maximum absolute atomic E-state index is 14.5. The molecule has 240 valence electrons. The summed E-state index contributed by atoms with van der Waals surface area (Å²) in [6, 6.07) is 11.8. The zero-order valence-electron chi connectivity index (χ0n) is 25.6. The first-order valence-electron chi connectivity index (χ1n) is 15.4. The van der Waals surface area contributed by atoms with Gasteiger partial charge in [-0.05, 0) is 74.9 Å². The SMILES string of the molecule is Cc1ccc(S(=O)(=O)n2c(C3=CCN(S(C)(=O)=O)CC3)cc3c(N4CCC[C@H](N5CCCCC5=O)C4)ccc(C(N)=O)c32)cc1. The molecule has 45 heavy (non-hydrogen) atoms. The van der Waals surface area contributed by atoms with Gasteiger partial charge < -0.3 is 15.5 Å². The van der Waals surface area contributed by atoms with E-state index in [0.717, 1.165) is 49.7 Å². The molecule has 13 heteroatoms. The molecule has 1 atom stereocenters. The lowest BCUT2D eigenvalue weighted by atomic mass is 9.98. The van der Waals surface area contributed by atoms with Crippen LogP contribution in [0, 0.1) is 6.92 Å². The minimum Gasteiger partial charge on any atom is -0.369 e. The van der Waals surface area contributed by atoms with Gasteiger partial charge in [0.2, 0.25) is 15.9 Å². The second kappa shape index (κ2) is 11.9. The predicted molar refractivity (Wildman–Crippen MR) is 174 cm³/mol. The van der Waals surface area contributed by atoms with Gasteiger partial charge in [-0.2, -0.15) is 4.31 Å². The van der Waals surface area contributed by atoms with Crippen LogP contribution in [0.5, 0.6) is 0 Å². The lowest BCUT2D eigenvalue weighted by molar-refractivity contribution is -0.135. The van der Waals surface area contributed by atoms with Crippen molar-refractivity contribution in [1.82, 2.24) is 13.2 Å². The molecule has 2 aromatic carbocycles. The van der Waals surface area contributed by atoms with E-state index in [2.05, 4.69) is 4.90 Å². The van der Waals surface area contributed by atoms with E-state index in [1.165, 1.54) is 8.28 Å². The third-order valence-corrected chi connectivity index (χ3v) is 12.2. The summed E-state index contributed by atoms with van der Waals surface area (Å²) in [4.78, 5) is 29.9. The van der Waals surface area contributed by atoms with E-state index in [4.69, 9.17) is 5.73 Å². The van der Waals surface area contributed by atoms with Crippen LogP contribution in [0.1, 0.15) is 60.1 Å². The van der Waals surface area contributed by atoms with Crippen molar-refractivity contribution in [3.8, 4) is 0 Å². The lowest BCUT2D eigenvalue weighted by Gasteiger charge is -2.42. The number of piperidine rings is 2. The van der Waals surface area contributed by atoms with Gasteiger partial charge in [-0.1, -0.05) is 23.8 Å². The van der Waals surface area contributed by atoms with E-state index < -0.39 is 26.0 Å². The highest BCUT2D eigenvalue weighted by Gasteiger charge is 2.34. The number of sulfonamides is 1. The van der Waals surface area contributed by atoms with Crippen LogP contribution in [-0.2, 0) is 24.8 Å². The minimum atomic E-state index is -4.23. The molecule has 2 amide bonds. The Morgan fingerprint density at radius 2 is 1.69 bits per heavy atom. The van der Waals surface area contributed by atoms with Crippen LogP contribution in [0.15, 0.2) is 53.4 Å². The van der Waals surface area contributed by atoms with Crippen LogP contribution in [0.2, 0.25) is 0 Å². The number of hydrogen-bond donors (Lipinski definition) is 1. The Hall–Kier alpha value is -3.68. The molecular formula is C32H39N5O6S2. The fourth-order valence-corrected chi connectivity index (χ4v) is 9.19. The molecule has 0 bridgehead atoms. The van der Waals surface area contributed by atoms with Gasteiger partial charge in [0.1, 0.15) is 0 Å². The van der Waals surface area contributed by atoms with Gasteiger partial charge in [0.15, 0.2) is 0 Å². The van der Waals surface area contributed by atoms with Gasteiger partial charge >= 0.3 is 0 Å². The van der Waals surface area contributed by atoms with Crippen LogP contribution < -0.4 is 10.6 Å². The second-order valence-corrected chi connectivity index (χ2v) is 16.0. The summed E-state index contributed by atoms with van der Waals surface area (Å²) in [5, 5.41) is 0.564. The quantitative estimate of drug-likeness (QED) is 0.412. The lowest BCUT2D eigenvalue weighted by Crippen LogP contribution is -2.51. The Labute approximate surface area is 264 Å². The van der Waals surface area contributed by atoms with E-state index in [-0.39, 0.29) is 47.4 Å². The Morgan fingerprint density at radius 1 is 0.933 bits per heavy atom. The van der Waals surface area contributed by atoms with Gasteiger partial charge in [0, 0.05) is 56.3 Å². The van der Waals surface area contributed by atoms with E-state index in [1.807, 2.05) is 17.9 Å². The number of carbonyl (C=O) groups excluding carboxylic acids is 2. The molecule has 0 radical (unpaired) electrons. The van der Waals surface area contributed by atoms with E-state index in [1.54, 1.807) is 42.5 Å². The second-order valence-electron chi connectivity index (χ2n) is 12.3. The summed E-state index contributed by atoms with van der Waals surface area (Å²) >= 11 is 0. The van der Waals surface area contributed by atoms with Crippen molar-refractivity contribution in [1.29, 1.82) is 0 Å². The number of anilines is 1. The number of nitrogens with zero attached hydrogens (tertiary/aromatic N) is 4. The van der Waals surface area contributed by atoms with Gasteiger partial charge in [0.05, 0.1) is 27.9 Å². The molecule has 0 unspecified atom stereocenters. The fourth-order valence-electron chi connectivity index (χ4n) is 6.86. The highest BCUT2D eigenvalue weighted by atomic mass is 32.2. The van der Waals surface area contributed by atoms with Crippen LogP contribution >= 0.6 is 0 Å². The molecule has 4 heterocycles. The summed E-state index contributed by atoms with van der Waals surface area (Å²) in [5.74, 6) is -0.583. The number of carbonyl (C=O) groups is 2. The van der Waals surface area contributed by atoms with E-state index in [0.29, 0.717) is 36.2 Å². The number of aryl methyl sites for hydroxylation is 1. The van der Waals surface area contributed by atoms with E-state index in [9.17, 15) is 26.4 Å². The number of likely N-dealkylation sites (tertiary alicyclic amines) is 1. The topological polar surface area (TPSA) is 143 Å². The minimum absolute atomic E-state index is 0.0401. The first-order valence-corrected chi connectivity index (χ1v) is 18.6. The van der Waals surface area contributed by atoms with E-state index >= 15 is 0 Å². The Balaban J connectivity index is 1.54. The monoisotopic (exact) mass is 653 g/mol. The summed E-state index contributed by atoms with van der Waals surface area (Å²) in [6.45, 7) is 4.21. The molecule has 3 aromatic rings. The molecule has 3 aliphatic heterocycles. The maximum atomic E-state index is 14.5. The van der Waals surface area contributed by atoms with Crippen LogP contribution in [-0.4, -0.2) is 86.8 Å². The number of benzene rings is 2. The number of aromatic nitrogens is 1. The van der Waals surface area contributed by atoms with Crippen LogP contribution in [0.25, 0.3) is 16.5 Å². The predicted octanol–water partition coefficient (Wildman–Crippen LogP) is 3.32. The summed E-state index contributed by atoms with van der Waals surface area (Å²) in [5.41, 5.74) is 8.83. The average molecular weight is 654 g/mol. The number of nitrogens with two attached hydrogens (primary N) is 1. The van der Waals surface area contributed by atoms with Crippen molar-refractivity contribution in [3.05, 3.63) is 65.4 Å². The van der Waals surface area contributed by atoms with Crippen molar-refractivity contribution >= 4 is 54.0 Å². The number of amides is 2. The highest BCUT2D eigenvalue weighted by Crippen LogP contribution is 2.40. The molecular weight excluding hydrogens is 615 g/mol. The van der Waals surface area contributed by atoms with Gasteiger partial charge in [0.25, 0.3) is 15.9 Å². The summed E-state index contributed by atoms with van der Waals surface area (Å²) < 4.78 is 56.0. The van der Waals surface area contributed by atoms with Crippen molar-refractivity contribution in [2.75, 3.05) is 43.9 Å². The molecule has 6 rings (SSSR count). The molecule has 2 N–H and O–H groups in total. The van der Waals surface area contributed by atoms with Gasteiger partial charge in [-0.25, -0.2) is 20.8 Å². The summed E-state index contributed by atoms with van der Waals surface area (Å²) in [7, 11) is -7.67. The van der Waals surface area contributed by atoms with Gasteiger partial charge in [-0.15, -0.1) is 0 Å². The largest absolute Gasteiger partial charge is 0.369 e. The van der Waals surface area contributed by atoms with Crippen LogP contribution in [0.4, 0.5) is 5.69 Å². The number of primary amides is 1. The molecule has 2 saturated heterocycles. The number of rotatable bonds is 7. The number of fused-ring (bicyclic) bond motifs is 1. The number of hydrogen-bond acceptors (Lipinski definition) is 7. The fraction of sp³-hybridized carbons (Fsp3) is 0.438. The Bertz CT molecular complexity index is 1910. The molecule has 0 spiro atoms. The van der Waals surface area contributed by atoms with Gasteiger partial charge in [-0.3, -0.25) is 9.59 Å². The van der Waals surface area contributed by atoms with Crippen LogP contribution in [0.3, 0.4) is 0 Å². The zero-order chi connectivity index (χ0) is 32.1. The van der Waals surface area contributed by atoms with Crippen molar-refractivity contribution in [2.45, 2.75) is 56.4 Å². The zero-order valence-corrected chi connectivity index (χ0v) is 27.2.